The summed E-state index contributed by atoms with van der Waals surface area (Å²) >= 11 is 6.16. The second kappa shape index (κ2) is 6.37. The van der Waals surface area contributed by atoms with Crippen LogP contribution in [-0.2, 0) is 16.4 Å². The molecule has 0 saturated carbocycles. The highest BCUT2D eigenvalue weighted by molar-refractivity contribution is 7.90. The van der Waals surface area contributed by atoms with Crippen LogP contribution in [0, 0.1) is 0 Å². The van der Waals surface area contributed by atoms with Crippen LogP contribution in [0.1, 0.15) is 5.56 Å². The van der Waals surface area contributed by atoms with E-state index < -0.39 is 9.84 Å². The minimum Gasteiger partial charge on any atom is -0.496 e. The van der Waals surface area contributed by atoms with E-state index in [0.717, 1.165) is 5.56 Å². The summed E-state index contributed by atoms with van der Waals surface area (Å²) in [5, 5.41) is 3.76. The van der Waals surface area contributed by atoms with Crippen molar-refractivity contribution >= 4 is 27.1 Å². The first-order chi connectivity index (χ1) is 9.91. The summed E-state index contributed by atoms with van der Waals surface area (Å²) in [5.74, 6) is 0.689. The Morgan fingerprint density at radius 1 is 1.19 bits per heavy atom. The molecule has 2 aromatic carbocycles. The fraction of sp³-hybridized carbons (Fsp3) is 0.200. The largest absolute Gasteiger partial charge is 0.496 e. The monoisotopic (exact) mass is 325 g/mol. The van der Waals surface area contributed by atoms with Gasteiger partial charge in [-0.3, -0.25) is 0 Å². The zero-order valence-corrected chi connectivity index (χ0v) is 13.3. The third kappa shape index (κ3) is 3.89. The normalized spacial score (nSPS) is 11.2. The number of nitrogens with one attached hydrogen (secondary N) is 1. The van der Waals surface area contributed by atoms with E-state index >= 15 is 0 Å². The van der Waals surface area contributed by atoms with E-state index in [9.17, 15) is 8.42 Å². The van der Waals surface area contributed by atoms with E-state index in [1.54, 1.807) is 37.4 Å². The lowest BCUT2D eigenvalue weighted by molar-refractivity contribution is 0.410. The lowest BCUT2D eigenvalue weighted by atomic mass is 10.2. The first kappa shape index (κ1) is 15.7. The molecule has 0 fully saturated rings. The molecule has 0 unspecified atom stereocenters. The van der Waals surface area contributed by atoms with E-state index in [1.807, 2.05) is 12.1 Å². The Balaban J connectivity index is 2.21. The Morgan fingerprint density at radius 2 is 1.90 bits per heavy atom. The summed E-state index contributed by atoms with van der Waals surface area (Å²) in [6.45, 7) is 0.441. The summed E-state index contributed by atoms with van der Waals surface area (Å²) in [7, 11) is -1.64. The standard InChI is InChI=1S/C15H16ClNO3S/c1-20-15-8-4-7-14(16)13(15)10-17-11-5-3-6-12(9-11)21(2,18)19/h3-9,17H,10H2,1-2H3. The van der Waals surface area contributed by atoms with Crippen molar-refractivity contribution in [3.8, 4) is 5.75 Å². The Morgan fingerprint density at radius 3 is 2.57 bits per heavy atom. The van der Waals surface area contributed by atoms with Crippen LogP contribution in [0.5, 0.6) is 5.75 Å². The number of halogens is 1. The second-order valence-corrected chi connectivity index (χ2v) is 7.00. The van der Waals surface area contributed by atoms with Gasteiger partial charge >= 0.3 is 0 Å². The van der Waals surface area contributed by atoms with Crippen LogP contribution in [0.3, 0.4) is 0 Å². The van der Waals surface area contributed by atoms with Gasteiger partial charge in [-0.05, 0) is 30.3 Å². The molecule has 0 aliphatic carbocycles. The van der Waals surface area contributed by atoms with Crippen LogP contribution < -0.4 is 10.1 Å². The van der Waals surface area contributed by atoms with E-state index in [0.29, 0.717) is 23.0 Å². The maximum Gasteiger partial charge on any atom is 0.175 e. The van der Waals surface area contributed by atoms with Gasteiger partial charge < -0.3 is 10.1 Å². The molecule has 0 radical (unpaired) electrons. The molecule has 0 amide bonds. The minimum absolute atomic E-state index is 0.277. The molecule has 112 valence electrons. The first-order valence-electron chi connectivity index (χ1n) is 6.27. The molecule has 0 heterocycles. The van der Waals surface area contributed by atoms with Gasteiger partial charge in [0.2, 0.25) is 0 Å². The number of rotatable bonds is 5. The molecule has 2 aromatic rings. The molecule has 0 aromatic heterocycles. The van der Waals surface area contributed by atoms with Crippen LogP contribution in [0.2, 0.25) is 5.02 Å². The molecule has 0 spiro atoms. The highest BCUT2D eigenvalue weighted by Gasteiger charge is 2.09. The molecule has 0 aliphatic rings. The number of benzene rings is 2. The summed E-state index contributed by atoms with van der Waals surface area (Å²) < 4.78 is 28.4. The predicted octanol–water partition coefficient (Wildman–Crippen LogP) is 3.36. The van der Waals surface area contributed by atoms with E-state index in [1.165, 1.54) is 6.26 Å². The maximum atomic E-state index is 11.5. The van der Waals surface area contributed by atoms with Crippen LogP contribution in [0.4, 0.5) is 5.69 Å². The number of hydrogen-bond acceptors (Lipinski definition) is 4. The minimum atomic E-state index is -3.22. The van der Waals surface area contributed by atoms with Gasteiger partial charge in [0.25, 0.3) is 0 Å². The zero-order chi connectivity index (χ0) is 15.5. The lowest BCUT2D eigenvalue weighted by Gasteiger charge is -2.12. The van der Waals surface area contributed by atoms with Crippen LogP contribution >= 0.6 is 11.6 Å². The summed E-state index contributed by atoms with van der Waals surface area (Å²) in [6.07, 6.45) is 1.18. The average molecular weight is 326 g/mol. The number of anilines is 1. The van der Waals surface area contributed by atoms with Crippen molar-refractivity contribution in [2.45, 2.75) is 11.4 Å². The number of hydrogen-bond donors (Lipinski definition) is 1. The van der Waals surface area contributed by atoms with Gasteiger partial charge in [-0.2, -0.15) is 0 Å². The van der Waals surface area contributed by atoms with Crippen LogP contribution in [0.15, 0.2) is 47.4 Å². The predicted molar refractivity (Wildman–Crippen MR) is 84.9 cm³/mol. The molecule has 4 nitrogen and oxygen atoms in total. The van der Waals surface area contributed by atoms with Crippen molar-refractivity contribution in [2.24, 2.45) is 0 Å². The molecular weight excluding hydrogens is 310 g/mol. The average Bonchev–Trinajstić information content (AvgIpc) is 2.45. The zero-order valence-electron chi connectivity index (χ0n) is 11.8. The van der Waals surface area contributed by atoms with Gasteiger partial charge in [0, 0.05) is 29.1 Å². The molecule has 0 bridgehead atoms. The van der Waals surface area contributed by atoms with Gasteiger partial charge in [0.15, 0.2) is 9.84 Å². The smallest absolute Gasteiger partial charge is 0.175 e. The van der Waals surface area contributed by atoms with Crippen molar-refractivity contribution < 1.29 is 13.2 Å². The number of ether oxygens (including phenoxy) is 1. The Bertz CT molecular complexity index is 744. The Labute approximate surface area is 129 Å². The highest BCUT2D eigenvalue weighted by Crippen LogP contribution is 2.27. The maximum absolute atomic E-state index is 11.5. The molecule has 0 aliphatic heterocycles. The van der Waals surface area contributed by atoms with Crippen molar-refractivity contribution in [2.75, 3.05) is 18.7 Å². The third-order valence-corrected chi connectivity index (χ3v) is 4.49. The number of sulfone groups is 1. The Kier molecular flexibility index (Phi) is 4.75. The van der Waals surface area contributed by atoms with Gasteiger partial charge in [-0.15, -0.1) is 0 Å². The topological polar surface area (TPSA) is 55.4 Å². The van der Waals surface area contributed by atoms with Crippen molar-refractivity contribution in [1.29, 1.82) is 0 Å². The van der Waals surface area contributed by atoms with E-state index in [2.05, 4.69) is 5.32 Å². The van der Waals surface area contributed by atoms with Crippen molar-refractivity contribution in [3.05, 3.63) is 53.1 Å². The molecule has 1 N–H and O–H groups in total. The lowest BCUT2D eigenvalue weighted by Crippen LogP contribution is -2.04. The fourth-order valence-electron chi connectivity index (χ4n) is 1.93. The fourth-order valence-corrected chi connectivity index (χ4v) is 2.83. The third-order valence-electron chi connectivity index (χ3n) is 3.03. The van der Waals surface area contributed by atoms with Gasteiger partial charge in [0.1, 0.15) is 5.75 Å². The highest BCUT2D eigenvalue weighted by atomic mass is 35.5. The van der Waals surface area contributed by atoms with Gasteiger partial charge in [-0.1, -0.05) is 23.7 Å². The van der Waals surface area contributed by atoms with E-state index in [-0.39, 0.29) is 4.90 Å². The molecular formula is C15H16ClNO3S. The number of methoxy groups -OCH3 is 1. The first-order valence-corrected chi connectivity index (χ1v) is 8.54. The van der Waals surface area contributed by atoms with Crippen LogP contribution in [0.25, 0.3) is 0 Å². The van der Waals surface area contributed by atoms with Gasteiger partial charge in [0.05, 0.1) is 12.0 Å². The molecule has 0 saturated heterocycles. The summed E-state index contributed by atoms with van der Waals surface area (Å²) in [4.78, 5) is 0.277. The quantitative estimate of drug-likeness (QED) is 0.915. The SMILES string of the molecule is COc1cccc(Cl)c1CNc1cccc(S(C)(=O)=O)c1. The van der Waals surface area contributed by atoms with Gasteiger partial charge in [-0.25, -0.2) is 8.42 Å². The molecule has 2 rings (SSSR count). The Hall–Kier alpha value is -1.72. The van der Waals surface area contributed by atoms with Crippen LogP contribution in [-0.4, -0.2) is 21.8 Å². The molecule has 6 heteroatoms. The van der Waals surface area contributed by atoms with Crippen molar-refractivity contribution in [3.63, 3.8) is 0 Å². The van der Waals surface area contributed by atoms with Crippen molar-refractivity contribution in [1.82, 2.24) is 0 Å². The summed E-state index contributed by atoms with van der Waals surface area (Å²) in [5.41, 5.74) is 1.53. The van der Waals surface area contributed by atoms with E-state index in [4.69, 9.17) is 16.3 Å². The second-order valence-electron chi connectivity index (χ2n) is 4.57. The molecule has 21 heavy (non-hydrogen) atoms. The molecule has 0 atom stereocenters. The summed E-state index contributed by atoms with van der Waals surface area (Å²) in [6, 6.07) is 12.1.